The lowest BCUT2D eigenvalue weighted by Crippen LogP contribution is -2.21. The zero-order chi connectivity index (χ0) is 20.9. The number of aryl methyl sites for hydroxylation is 1. The van der Waals surface area contributed by atoms with Gasteiger partial charge in [-0.1, -0.05) is 15.9 Å². The van der Waals surface area contributed by atoms with E-state index in [0.29, 0.717) is 30.0 Å². The van der Waals surface area contributed by atoms with Crippen LogP contribution in [0.4, 0.5) is 11.4 Å². The molecule has 1 aliphatic heterocycles. The second-order valence-corrected chi connectivity index (χ2v) is 7.70. The quantitative estimate of drug-likeness (QED) is 0.526. The Bertz CT molecular complexity index is 1070. The Morgan fingerprint density at radius 1 is 0.933 bits per heavy atom. The van der Waals surface area contributed by atoms with Gasteiger partial charge < -0.3 is 20.1 Å². The summed E-state index contributed by atoms with van der Waals surface area (Å²) in [5.74, 6) is 1.76. The van der Waals surface area contributed by atoms with Gasteiger partial charge in [-0.05, 0) is 78.7 Å². The van der Waals surface area contributed by atoms with Gasteiger partial charge in [0.05, 0.1) is 0 Å². The SMILES string of the molecule is O=C(COc1ccc2c(c1)CCC(=O)N2)Nc1ccc(Oc2ccc(Br)cc2)cc1. The molecule has 0 fully saturated rings. The maximum absolute atomic E-state index is 12.2. The minimum absolute atomic E-state index is 0.0174. The number of carbonyl (C=O) groups is 2. The van der Waals surface area contributed by atoms with Crippen LogP contribution >= 0.6 is 15.9 Å². The highest BCUT2D eigenvalue weighted by atomic mass is 79.9. The summed E-state index contributed by atoms with van der Waals surface area (Å²) in [6.45, 7) is -0.109. The molecule has 1 heterocycles. The minimum Gasteiger partial charge on any atom is -0.484 e. The number of amides is 2. The molecule has 2 amide bonds. The molecular formula is C23H19BrN2O4. The fourth-order valence-corrected chi connectivity index (χ4v) is 3.30. The van der Waals surface area contributed by atoms with E-state index >= 15 is 0 Å². The molecule has 0 bridgehead atoms. The van der Waals surface area contributed by atoms with E-state index in [1.807, 2.05) is 30.3 Å². The van der Waals surface area contributed by atoms with Crippen LogP contribution < -0.4 is 20.1 Å². The van der Waals surface area contributed by atoms with Crippen molar-refractivity contribution in [3.8, 4) is 17.2 Å². The average molecular weight is 467 g/mol. The lowest BCUT2D eigenvalue weighted by molar-refractivity contribution is -0.118. The van der Waals surface area contributed by atoms with Crippen molar-refractivity contribution in [2.24, 2.45) is 0 Å². The van der Waals surface area contributed by atoms with E-state index < -0.39 is 0 Å². The third-order valence-electron chi connectivity index (χ3n) is 4.53. The van der Waals surface area contributed by atoms with E-state index in [4.69, 9.17) is 9.47 Å². The van der Waals surface area contributed by atoms with Crippen LogP contribution in [-0.2, 0) is 16.0 Å². The van der Waals surface area contributed by atoms with Crippen molar-refractivity contribution in [3.63, 3.8) is 0 Å². The summed E-state index contributed by atoms with van der Waals surface area (Å²) < 4.78 is 12.3. The first-order valence-electron chi connectivity index (χ1n) is 9.44. The van der Waals surface area contributed by atoms with Gasteiger partial charge in [0.2, 0.25) is 5.91 Å². The number of nitrogens with one attached hydrogen (secondary N) is 2. The number of hydrogen-bond acceptors (Lipinski definition) is 4. The summed E-state index contributed by atoms with van der Waals surface area (Å²) in [5, 5.41) is 5.62. The molecular weight excluding hydrogens is 448 g/mol. The van der Waals surface area contributed by atoms with Crippen molar-refractivity contribution in [1.82, 2.24) is 0 Å². The molecule has 0 radical (unpaired) electrons. The molecule has 152 valence electrons. The molecule has 0 aromatic heterocycles. The van der Waals surface area contributed by atoms with E-state index in [9.17, 15) is 9.59 Å². The first-order chi connectivity index (χ1) is 14.5. The van der Waals surface area contributed by atoms with Gasteiger partial charge in [0.15, 0.2) is 6.61 Å². The largest absolute Gasteiger partial charge is 0.484 e. The maximum Gasteiger partial charge on any atom is 0.262 e. The van der Waals surface area contributed by atoms with Crippen LogP contribution in [0.15, 0.2) is 71.2 Å². The third kappa shape index (κ3) is 5.18. The minimum atomic E-state index is -0.261. The summed E-state index contributed by atoms with van der Waals surface area (Å²) in [6, 6.07) is 20.1. The van der Waals surface area contributed by atoms with E-state index in [-0.39, 0.29) is 18.4 Å². The van der Waals surface area contributed by atoms with Crippen LogP contribution in [0.25, 0.3) is 0 Å². The van der Waals surface area contributed by atoms with Crippen LogP contribution in [0.5, 0.6) is 17.2 Å². The molecule has 0 saturated carbocycles. The molecule has 7 heteroatoms. The molecule has 0 atom stereocenters. The third-order valence-corrected chi connectivity index (χ3v) is 5.06. The number of carbonyl (C=O) groups excluding carboxylic acids is 2. The number of ether oxygens (including phenoxy) is 2. The van der Waals surface area contributed by atoms with Gasteiger partial charge in [0.25, 0.3) is 5.91 Å². The van der Waals surface area contributed by atoms with E-state index in [2.05, 4.69) is 26.6 Å². The van der Waals surface area contributed by atoms with Gasteiger partial charge in [-0.25, -0.2) is 0 Å². The first kappa shape index (κ1) is 20.0. The van der Waals surface area contributed by atoms with E-state index in [1.165, 1.54) is 0 Å². The molecule has 3 aromatic carbocycles. The Balaban J connectivity index is 1.29. The van der Waals surface area contributed by atoms with Crippen molar-refractivity contribution in [2.45, 2.75) is 12.8 Å². The fraction of sp³-hybridized carbons (Fsp3) is 0.130. The number of rotatable bonds is 6. The molecule has 0 spiro atoms. The zero-order valence-electron chi connectivity index (χ0n) is 16.0. The van der Waals surface area contributed by atoms with Crippen LogP contribution in [0.3, 0.4) is 0 Å². The van der Waals surface area contributed by atoms with Gasteiger partial charge in [-0.2, -0.15) is 0 Å². The summed E-state index contributed by atoms with van der Waals surface area (Å²) in [6.07, 6.45) is 1.12. The normalized spacial score (nSPS) is 12.5. The molecule has 0 aliphatic carbocycles. The Kier molecular flexibility index (Phi) is 5.99. The number of benzene rings is 3. The molecule has 4 rings (SSSR count). The van der Waals surface area contributed by atoms with Crippen LogP contribution in [0.2, 0.25) is 0 Å². The monoisotopic (exact) mass is 466 g/mol. The summed E-state index contributed by atoms with van der Waals surface area (Å²) in [7, 11) is 0. The summed E-state index contributed by atoms with van der Waals surface area (Å²) in [4.78, 5) is 23.6. The predicted molar refractivity (Wildman–Crippen MR) is 118 cm³/mol. The fourth-order valence-electron chi connectivity index (χ4n) is 3.04. The van der Waals surface area contributed by atoms with Crippen LogP contribution in [-0.4, -0.2) is 18.4 Å². The number of fused-ring (bicyclic) bond motifs is 1. The van der Waals surface area contributed by atoms with E-state index in [1.54, 1.807) is 36.4 Å². The Labute approximate surface area is 182 Å². The van der Waals surface area contributed by atoms with Crippen molar-refractivity contribution < 1.29 is 19.1 Å². The van der Waals surface area contributed by atoms with Gasteiger partial charge in [-0.15, -0.1) is 0 Å². The summed E-state index contributed by atoms with van der Waals surface area (Å²) >= 11 is 3.39. The first-order valence-corrected chi connectivity index (χ1v) is 10.2. The average Bonchev–Trinajstić information content (AvgIpc) is 2.75. The molecule has 2 N–H and O–H groups in total. The Hall–Kier alpha value is -3.32. The number of anilines is 2. The highest BCUT2D eigenvalue weighted by Gasteiger charge is 2.15. The van der Waals surface area contributed by atoms with Crippen LogP contribution in [0, 0.1) is 0 Å². The smallest absolute Gasteiger partial charge is 0.262 e. The number of halogens is 1. The topological polar surface area (TPSA) is 76.7 Å². The molecule has 1 aliphatic rings. The highest BCUT2D eigenvalue weighted by Crippen LogP contribution is 2.27. The van der Waals surface area contributed by atoms with Crippen molar-refractivity contribution in [3.05, 3.63) is 76.8 Å². The van der Waals surface area contributed by atoms with Gasteiger partial charge in [0, 0.05) is 22.3 Å². The molecule has 0 saturated heterocycles. The predicted octanol–water partition coefficient (Wildman–Crippen LogP) is 5.14. The lowest BCUT2D eigenvalue weighted by atomic mass is 10.0. The maximum atomic E-state index is 12.2. The Morgan fingerprint density at radius 2 is 1.60 bits per heavy atom. The van der Waals surface area contributed by atoms with Crippen molar-refractivity contribution >= 4 is 39.1 Å². The van der Waals surface area contributed by atoms with Gasteiger partial charge in [-0.3, -0.25) is 9.59 Å². The van der Waals surface area contributed by atoms with Crippen molar-refractivity contribution in [2.75, 3.05) is 17.2 Å². The standard InChI is InChI=1S/C23H19BrN2O4/c24-16-2-6-18(7-3-16)30-19-8-4-17(5-9-19)25-23(28)14-29-20-10-11-21-15(13-20)1-12-22(27)26-21/h2-11,13H,1,12,14H2,(H,25,28)(H,26,27). The van der Waals surface area contributed by atoms with Gasteiger partial charge in [0.1, 0.15) is 17.2 Å². The second kappa shape index (κ2) is 9.00. The lowest BCUT2D eigenvalue weighted by Gasteiger charge is -2.17. The molecule has 0 unspecified atom stereocenters. The number of hydrogen-bond donors (Lipinski definition) is 2. The Morgan fingerprint density at radius 3 is 2.33 bits per heavy atom. The van der Waals surface area contributed by atoms with Crippen molar-refractivity contribution in [1.29, 1.82) is 0 Å². The molecule has 3 aromatic rings. The summed E-state index contributed by atoms with van der Waals surface area (Å²) in [5.41, 5.74) is 2.46. The van der Waals surface area contributed by atoms with Crippen LogP contribution in [0.1, 0.15) is 12.0 Å². The molecule has 30 heavy (non-hydrogen) atoms. The molecule has 6 nitrogen and oxygen atoms in total. The highest BCUT2D eigenvalue weighted by molar-refractivity contribution is 9.10. The second-order valence-electron chi connectivity index (χ2n) is 6.78. The van der Waals surface area contributed by atoms with E-state index in [0.717, 1.165) is 21.5 Å². The van der Waals surface area contributed by atoms with Gasteiger partial charge >= 0.3 is 0 Å². The zero-order valence-corrected chi connectivity index (χ0v) is 17.6.